The van der Waals surface area contributed by atoms with Crippen LogP contribution in [0.5, 0.6) is 5.75 Å². The quantitative estimate of drug-likeness (QED) is 0.397. The largest absolute Gasteiger partial charge is 0.502 e. The molecule has 1 aromatic rings. The highest BCUT2D eigenvalue weighted by atomic mass is 16.6. The Kier molecular flexibility index (Phi) is 5.42. The molecule has 1 aromatic carbocycles. The summed E-state index contributed by atoms with van der Waals surface area (Å²) in [4.78, 5) is 20.9. The van der Waals surface area contributed by atoms with Crippen LogP contribution >= 0.6 is 0 Å². The number of phenols is 1. The van der Waals surface area contributed by atoms with Crippen LogP contribution < -0.4 is 0 Å². The number of phenolic OH excluding ortho intramolecular Hbond substituents is 1. The van der Waals surface area contributed by atoms with Gasteiger partial charge in [0.15, 0.2) is 5.75 Å². The second kappa shape index (κ2) is 6.83. The number of nitro benzene ring substituents is 1. The average molecular weight is 285 g/mol. The molecule has 8 heteroatoms. The van der Waals surface area contributed by atoms with E-state index in [4.69, 9.17) is 0 Å². The number of aromatic hydroxyl groups is 1. The summed E-state index contributed by atoms with van der Waals surface area (Å²) in [5.74, 6) is -1.31. The molecule has 0 spiro atoms. The maximum atomic E-state index is 11.2. The number of aliphatic hydroxyl groups is 2. The Morgan fingerprint density at radius 3 is 2.60 bits per heavy atom. The lowest BCUT2D eigenvalue weighted by Crippen LogP contribution is -2.23. The minimum absolute atomic E-state index is 0.0601. The van der Waals surface area contributed by atoms with Gasteiger partial charge in [0.25, 0.3) is 0 Å². The van der Waals surface area contributed by atoms with Crippen LogP contribution in [0.4, 0.5) is 5.69 Å². The second-order valence-corrected chi connectivity index (χ2v) is 4.03. The van der Waals surface area contributed by atoms with E-state index in [1.165, 1.54) is 6.07 Å². The third kappa shape index (κ3) is 3.90. The highest BCUT2D eigenvalue weighted by Crippen LogP contribution is 2.30. The molecular formula is C12H15NO7. The van der Waals surface area contributed by atoms with Gasteiger partial charge >= 0.3 is 11.7 Å². The van der Waals surface area contributed by atoms with E-state index in [1.54, 1.807) is 6.92 Å². The number of ether oxygens (including phenoxy) is 1. The molecular weight excluding hydrogens is 270 g/mol. The van der Waals surface area contributed by atoms with Gasteiger partial charge < -0.3 is 20.1 Å². The summed E-state index contributed by atoms with van der Waals surface area (Å²) in [6, 6.07) is 3.17. The lowest BCUT2D eigenvalue weighted by Gasteiger charge is -2.17. The smallest absolute Gasteiger partial charge is 0.310 e. The van der Waals surface area contributed by atoms with Crippen molar-refractivity contribution in [2.75, 3.05) is 6.61 Å². The van der Waals surface area contributed by atoms with Gasteiger partial charge in [0.2, 0.25) is 0 Å². The topological polar surface area (TPSA) is 130 Å². The SMILES string of the molecule is CCOC(=O)CC(O)C(O)c1ccc([N+](=O)[O-])c(O)c1. The number of carbonyl (C=O) groups excluding carboxylic acids is 1. The molecule has 8 nitrogen and oxygen atoms in total. The fraction of sp³-hybridized carbons (Fsp3) is 0.417. The predicted molar refractivity (Wildman–Crippen MR) is 67.0 cm³/mol. The van der Waals surface area contributed by atoms with Gasteiger partial charge in [-0.15, -0.1) is 0 Å². The average Bonchev–Trinajstić information content (AvgIpc) is 2.37. The number of carbonyl (C=O) groups is 1. The molecule has 0 aliphatic carbocycles. The Morgan fingerprint density at radius 1 is 1.45 bits per heavy atom. The second-order valence-electron chi connectivity index (χ2n) is 4.03. The van der Waals surface area contributed by atoms with Crippen molar-refractivity contribution in [1.82, 2.24) is 0 Å². The Hall–Kier alpha value is -2.19. The zero-order chi connectivity index (χ0) is 15.3. The summed E-state index contributed by atoms with van der Waals surface area (Å²) in [6.45, 7) is 1.76. The van der Waals surface area contributed by atoms with Gasteiger partial charge in [-0.05, 0) is 24.6 Å². The molecule has 110 valence electrons. The van der Waals surface area contributed by atoms with Crippen molar-refractivity contribution in [3.63, 3.8) is 0 Å². The summed E-state index contributed by atoms with van der Waals surface area (Å²) < 4.78 is 4.62. The lowest BCUT2D eigenvalue weighted by atomic mass is 10.0. The van der Waals surface area contributed by atoms with E-state index in [1.807, 2.05) is 0 Å². The predicted octanol–water partition coefficient (Wildman–Crippen LogP) is 0.648. The maximum Gasteiger partial charge on any atom is 0.310 e. The molecule has 0 aliphatic heterocycles. The van der Waals surface area contributed by atoms with Crippen molar-refractivity contribution in [2.24, 2.45) is 0 Å². The number of rotatable bonds is 6. The molecule has 0 saturated carbocycles. The molecule has 0 aliphatic rings. The van der Waals surface area contributed by atoms with Crippen molar-refractivity contribution in [3.8, 4) is 5.75 Å². The van der Waals surface area contributed by atoms with E-state index in [9.17, 15) is 30.2 Å². The van der Waals surface area contributed by atoms with Crippen LogP contribution in [0, 0.1) is 10.1 Å². The first-order chi connectivity index (χ1) is 9.36. The van der Waals surface area contributed by atoms with Crippen molar-refractivity contribution in [3.05, 3.63) is 33.9 Å². The Labute approximate surface area is 114 Å². The van der Waals surface area contributed by atoms with Crippen LogP contribution in [0.25, 0.3) is 0 Å². The highest BCUT2D eigenvalue weighted by molar-refractivity contribution is 5.70. The minimum Gasteiger partial charge on any atom is -0.502 e. The van der Waals surface area contributed by atoms with Crippen molar-refractivity contribution < 1.29 is 29.8 Å². The fourth-order valence-corrected chi connectivity index (χ4v) is 1.60. The molecule has 0 amide bonds. The Morgan fingerprint density at radius 2 is 2.10 bits per heavy atom. The van der Waals surface area contributed by atoms with Gasteiger partial charge in [-0.3, -0.25) is 14.9 Å². The molecule has 0 radical (unpaired) electrons. The Balaban J connectivity index is 2.81. The maximum absolute atomic E-state index is 11.2. The number of hydrogen-bond donors (Lipinski definition) is 3. The molecule has 2 unspecified atom stereocenters. The number of nitro groups is 1. The molecule has 3 N–H and O–H groups in total. The van der Waals surface area contributed by atoms with Crippen molar-refractivity contribution in [2.45, 2.75) is 25.6 Å². The summed E-state index contributed by atoms with van der Waals surface area (Å²) in [5.41, 5.74) is -0.453. The van der Waals surface area contributed by atoms with Gasteiger partial charge in [0, 0.05) is 6.07 Å². The molecule has 1 rings (SSSR count). The zero-order valence-electron chi connectivity index (χ0n) is 10.7. The number of aliphatic hydroxyl groups excluding tert-OH is 2. The standard InChI is InChI=1S/C12H15NO7/c1-2-20-11(16)6-10(15)12(17)7-3-4-8(13(18)19)9(14)5-7/h3-5,10,12,14-15,17H,2,6H2,1H3. The van der Waals surface area contributed by atoms with Crippen LogP contribution in [0.2, 0.25) is 0 Å². The molecule has 0 fully saturated rings. The number of esters is 1. The third-order valence-corrected chi connectivity index (χ3v) is 2.58. The van der Waals surface area contributed by atoms with Crippen molar-refractivity contribution >= 4 is 11.7 Å². The van der Waals surface area contributed by atoms with Crippen molar-refractivity contribution in [1.29, 1.82) is 0 Å². The van der Waals surface area contributed by atoms with Gasteiger partial charge in [0.1, 0.15) is 6.10 Å². The van der Waals surface area contributed by atoms with Crippen LogP contribution in [0.1, 0.15) is 25.0 Å². The van der Waals surface area contributed by atoms with Gasteiger partial charge in [0.05, 0.1) is 24.1 Å². The molecule has 0 aromatic heterocycles. The van der Waals surface area contributed by atoms with Gasteiger partial charge in [-0.25, -0.2) is 0 Å². The van der Waals surface area contributed by atoms with E-state index in [-0.39, 0.29) is 12.2 Å². The number of benzene rings is 1. The summed E-state index contributed by atoms with van der Waals surface area (Å²) in [7, 11) is 0. The molecule has 0 saturated heterocycles. The first-order valence-corrected chi connectivity index (χ1v) is 5.85. The van der Waals surface area contributed by atoms with Crippen LogP contribution in [-0.4, -0.2) is 38.9 Å². The zero-order valence-corrected chi connectivity index (χ0v) is 10.7. The Bertz CT molecular complexity index is 503. The lowest BCUT2D eigenvalue weighted by molar-refractivity contribution is -0.385. The molecule has 0 heterocycles. The van der Waals surface area contributed by atoms with E-state index >= 15 is 0 Å². The number of nitrogens with zero attached hydrogens (tertiary/aromatic N) is 1. The summed E-state index contributed by atoms with van der Waals surface area (Å²) >= 11 is 0. The van der Waals surface area contributed by atoms with Crippen LogP contribution in [0.15, 0.2) is 18.2 Å². The fourth-order valence-electron chi connectivity index (χ4n) is 1.60. The third-order valence-electron chi connectivity index (χ3n) is 2.58. The highest BCUT2D eigenvalue weighted by Gasteiger charge is 2.24. The summed E-state index contributed by atoms with van der Waals surface area (Å²) in [6.07, 6.45) is -3.33. The first-order valence-electron chi connectivity index (χ1n) is 5.85. The molecule has 0 bridgehead atoms. The molecule has 20 heavy (non-hydrogen) atoms. The van der Waals surface area contributed by atoms with E-state index in [2.05, 4.69) is 4.74 Å². The number of hydrogen-bond acceptors (Lipinski definition) is 7. The van der Waals surface area contributed by atoms with Gasteiger partial charge in [-0.2, -0.15) is 0 Å². The first kappa shape index (κ1) is 15.9. The monoisotopic (exact) mass is 285 g/mol. The summed E-state index contributed by atoms with van der Waals surface area (Å²) in [5, 5.41) is 39.5. The minimum atomic E-state index is -1.47. The van der Waals surface area contributed by atoms with E-state index in [0.717, 1.165) is 12.1 Å². The normalized spacial score (nSPS) is 13.6. The molecule has 2 atom stereocenters. The van der Waals surface area contributed by atoms with Gasteiger partial charge in [-0.1, -0.05) is 0 Å². The van der Waals surface area contributed by atoms with E-state index in [0.29, 0.717) is 0 Å². The van der Waals surface area contributed by atoms with E-state index < -0.39 is 41.0 Å². The van der Waals surface area contributed by atoms with Crippen LogP contribution in [-0.2, 0) is 9.53 Å². The van der Waals surface area contributed by atoms with Crippen LogP contribution in [0.3, 0.4) is 0 Å².